The van der Waals surface area contributed by atoms with Gasteiger partial charge in [0, 0.05) is 23.6 Å². The maximum absolute atomic E-state index is 12.6. The number of ether oxygens (including phenoxy) is 1. The van der Waals surface area contributed by atoms with E-state index in [-0.39, 0.29) is 23.2 Å². The molecule has 3 aromatic rings. The van der Waals surface area contributed by atoms with Crippen LogP contribution in [0.3, 0.4) is 0 Å². The smallest absolute Gasteiger partial charge is 0.321 e. The van der Waals surface area contributed by atoms with Gasteiger partial charge in [-0.25, -0.2) is 9.97 Å². The number of aromatic nitrogens is 2. The summed E-state index contributed by atoms with van der Waals surface area (Å²) in [6.07, 6.45) is 3.19. The maximum atomic E-state index is 12.6. The minimum absolute atomic E-state index is 0.00868. The minimum Gasteiger partial charge on any atom is -0.424 e. The Morgan fingerprint density at radius 3 is 2.25 bits per heavy atom. The van der Waals surface area contributed by atoms with E-state index in [1.807, 2.05) is 19.1 Å². The molecule has 1 unspecified atom stereocenters. The summed E-state index contributed by atoms with van der Waals surface area (Å²) in [5.41, 5.74) is 3.10. The molecule has 0 saturated carbocycles. The molecular formula is C25H28N4O3. The minimum atomic E-state index is -0.710. The highest BCUT2D eigenvalue weighted by molar-refractivity contribution is 6.01. The monoisotopic (exact) mass is 432 g/mol. The number of hydrogen-bond donors (Lipinski definition) is 2. The number of benzene rings is 2. The van der Waals surface area contributed by atoms with Crippen molar-refractivity contribution >= 4 is 17.5 Å². The van der Waals surface area contributed by atoms with Gasteiger partial charge >= 0.3 is 6.01 Å². The molecule has 0 spiro atoms. The average molecular weight is 433 g/mol. The Bertz CT molecular complexity index is 1090. The topological polar surface area (TPSA) is 93.2 Å². The van der Waals surface area contributed by atoms with Crippen LogP contribution in [-0.4, -0.2) is 27.8 Å². The number of anilines is 1. The van der Waals surface area contributed by atoms with Gasteiger partial charge in [-0.2, -0.15) is 0 Å². The molecule has 2 aromatic carbocycles. The fourth-order valence-electron chi connectivity index (χ4n) is 2.99. The number of amides is 2. The second kappa shape index (κ2) is 9.60. The molecule has 166 valence electrons. The molecule has 2 amide bonds. The van der Waals surface area contributed by atoms with E-state index in [0.29, 0.717) is 17.0 Å². The van der Waals surface area contributed by atoms with Crippen molar-refractivity contribution in [3.8, 4) is 11.8 Å². The van der Waals surface area contributed by atoms with Gasteiger partial charge in [-0.15, -0.1) is 0 Å². The lowest BCUT2D eigenvalue weighted by atomic mass is 9.86. The van der Waals surface area contributed by atoms with Crippen LogP contribution in [0.25, 0.3) is 0 Å². The average Bonchev–Trinajstić information content (AvgIpc) is 2.75. The largest absolute Gasteiger partial charge is 0.424 e. The van der Waals surface area contributed by atoms with Crippen LogP contribution in [0.5, 0.6) is 11.8 Å². The van der Waals surface area contributed by atoms with Crippen LogP contribution < -0.4 is 15.4 Å². The Balaban J connectivity index is 1.59. The first kappa shape index (κ1) is 22.9. The Morgan fingerprint density at radius 2 is 1.66 bits per heavy atom. The van der Waals surface area contributed by atoms with Crippen molar-refractivity contribution in [2.75, 3.05) is 5.32 Å². The zero-order chi connectivity index (χ0) is 23.3. The molecule has 0 saturated heterocycles. The number of rotatable bonds is 6. The van der Waals surface area contributed by atoms with Crippen molar-refractivity contribution < 1.29 is 14.3 Å². The van der Waals surface area contributed by atoms with E-state index in [0.717, 1.165) is 11.1 Å². The predicted octanol–water partition coefficient (Wildman–Crippen LogP) is 4.63. The van der Waals surface area contributed by atoms with E-state index >= 15 is 0 Å². The first-order valence-electron chi connectivity index (χ1n) is 10.4. The van der Waals surface area contributed by atoms with Gasteiger partial charge in [0.2, 0.25) is 5.91 Å². The van der Waals surface area contributed by atoms with Crippen molar-refractivity contribution in [1.82, 2.24) is 15.3 Å². The predicted molar refractivity (Wildman–Crippen MR) is 124 cm³/mol. The first-order chi connectivity index (χ1) is 15.1. The van der Waals surface area contributed by atoms with Crippen molar-refractivity contribution in [2.45, 2.75) is 46.1 Å². The fourth-order valence-corrected chi connectivity index (χ4v) is 2.99. The summed E-state index contributed by atoms with van der Waals surface area (Å²) in [4.78, 5) is 33.2. The van der Waals surface area contributed by atoms with Gasteiger partial charge in [-0.05, 0) is 66.8 Å². The van der Waals surface area contributed by atoms with E-state index in [9.17, 15) is 9.59 Å². The third kappa shape index (κ3) is 5.91. The molecule has 1 atom stereocenters. The summed E-state index contributed by atoms with van der Waals surface area (Å²) in [6.45, 7) is 9.85. The van der Waals surface area contributed by atoms with Crippen LogP contribution in [-0.2, 0) is 10.2 Å². The molecule has 1 heterocycles. The summed E-state index contributed by atoms with van der Waals surface area (Å²) in [5, 5.41) is 5.59. The second-order valence-corrected chi connectivity index (χ2v) is 8.62. The van der Waals surface area contributed by atoms with E-state index in [1.165, 1.54) is 0 Å². The SMILES string of the molecule is Cc1cc(Oc2ncccn2)ccc1NC(=O)C(C)NC(=O)c1ccc(C(C)(C)C)cc1. The second-order valence-electron chi connectivity index (χ2n) is 8.62. The molecule has 0 fully saturated rings. The fraction of sp³-hybridized carbons (Fsp3) is 0.280. The molecule has 3 rings (SSSR count). The van der Waals surface area contributed by atoms with Crippen molar-refractivity contribution in [3.05, 3.63) is 77.6 Å². The quantitative estimate of drug-likeness (QED) is 0.592. The molecule has 0 aliphatic heterocycles. The number of carbonyl (C=O) groups is 2. The number of nitrogens with one attached hydrogen (secondary N) is 2. The molecule has 2 N–H and O–H groups in total. The van der Waals surface area contributed by atoms with Gasteiger partial charge in [-0.1, -0.05) is 32.9 Å². The van der Waals surface area contributed by atoms with Crippen LogP contribution in [0.2, 0.25) is 0 Å². The molecule has 0 bridgehead atoms. The molecule has 1 aromatic heterocycles. The van der Waals surface area contributed by atoms with Crippen LogP contribution in [0.1, 0.15) is 49.2 Å². The third-order valence-corrected chi connectivity index (χ3v) is 4.96. The summed E-state index contributed by atoms with van der Waals surface area (Å²) in [7, 11) is 0. The maximum Gasteiger partial charge on any atom is 0.321 e. The normalized spacial score (nSPS) is 12.0. The highest BCUT2D eigenvalue weighted by Gasteiger charge is 2.19. The molecule has 0 aliphatic rings. The Morgan fingerprint density at radius 1 is 1.00 bits per heavy atom. The third-order valence-electron chi connectivity index (χ3n) is 4.96. The van der Waals surface area contributed by atoms with Gasteiger partial charge in [-0.3, -0.25) is 9.59 Å². The van der Waals surface area contributed by atoms with Gasteiger partial charge in [0.05, 0.1) is 0 Å². The first-order valence-corrected chi connectivity index (χ1v) is 10.4. The van der Waals surface area contributed by atoms with Crippen LogP contribution >= 0.6 is 0 Å². The van der Waals surface area contributed by atoms with Gasteiger partial charge in [0.1, 0.15) is 11.8 Å². The molecule has 7 heteroatoms. The van der Waals surface area contributed by atoms with Crippen molar-refractivity contribution in [1.29, 1.82) is 0 Å². The van der Waals surface area contributed by atoms with Crippen molar-refractivity contribution in [2.24, 2.45) is 0 Å². The van der Waals surface area contributed by atoms with E-state index < -0.39 is 6.04 Å². The Hall–Kier alpha value is -3.74. The lowest BCUT2D eigenvalue weighted by Crippen LogP contribution is -2.41. The van der Waals surface area contributed by atoms with Crippen molar-refractivity contribution in [3.63, 3.8) is 0 Å². The summed E-state index contributed by atoms with van der Waals surface area (Å²) in [6, 6.07) is 13.9. The molecule has 32 heavy (non-hydrogen) atoms. The van der Waals surface area contributed by atoms with Crippen LogP contribution in [0, 0.1) is 6.92 Å². The molecule has 0 aliphatic carbocycles. The van der Waals surface area contributed by atoms with Gasteiger partial charge in [0.25, 0.3) is 5.91 Å². The van der Waals surface area contributed by atoms with E-state index in [1.54, 1.807) is 55.7 Å². The lowest BCUT2D eigenvalue weighted by molar-refractivity contribution is -0.117. The number of nitrogens with zero attached hydrogens (tertiary/aromatic N) is 2. The summed E-state index contributed by atoms with van der Waals surface area (Å²) >= 11 is 0. The zero-order valence-corrected chi connectivity index (χ0v) is 19.0. The molecule has 0 radical (unpaired) electrons. The standard InChI is InChI=1S/C25H28N4O3/c1-16-15-20(32-24-26-13-6-14-27-24)11-12-21(16)29-22(30)17(2)28-23(31)18-7-9-19(10-8-18)25(3,4)5/h6-15,17H,1-5H3,(H,28,31)(H,29,30). The van der Waals surface area contributed by atoms with E-state index in [2.05, 4.69) is 41.4 Å². The highest BCUT2D eigenvalue weighted by Crippen LogP contribution is 2.24. The lowest BCUT2D eigenvalue weighted by Gasteiger charge is -2.19. The molecule has 7 nitrogen and oxygen atoms in total. The number of hydrogen-bond acceptors (Lipinski definition) is 5. The number of aryl methyl sites for hydroxylation is 1. The zero-order valence-electron chi connectivity index (χ0n) is 19.0. The van der Waals surface area contributed by atoms with Crippen LogP contribution in [0.4, 0.5) is 5.69 Å². The van der Waals surface area contributed by atoms with Gasteiger partial charge in [0.15, 0.2) is 0 Å². The highest BCUT2D eigenvalue weighted by atomic mass is 16.5. The summed E-state index contributed by atoms with van der Waals surface area (Å²) in [5.74, 6) is -0.0454. The van der Waals surface area contributed by atoms with Crippen LogP contribution in [0.15, 0.2) is 60.9 Å². The van der Waals surface area contributed by atoms with E-state index in [4.69, 9.17) is 4.74 Å². The Kier molecular flexibility index (Phi) is 6.88. The number of carbonyl (C=O) groups excluding carboxylic acids is 2. The van der Waals surface area contributed by atoms with Gasteiger partial charge < -0.3 is 15.4 Å². The summed E-state index contributed by atoms with van der Waals surface area (Å²) < 4.78 is 5.61. The Labute approximate surface area is 188 Å². The molecular weight excluding hydrogens is 404 g/mol.